The predicted octanol–water partition coefficient (Wildman–Crippen LogP) is -0.742. The fraction of sp³-hybridized carbons (Fsp3) is 0.750. The zero-order chi connectivity index (χ0) is 19.8. The van der Waals surface area contributed by atoms with Gasteiger partial charge in [-0.25, -0.2) is 4.68 Å². The fourth-order valence-corrected chi connectivity index (χ4v) is 6.60. The van der Waals surface area contributed by atoms with E-state index in [0.29, 0.717) is 0 Å². The van der Waals surface area contributed by atoms with Crippen molar-refractivity contribution in [2.45, 2.75) is 29.8 Å². The van der Waals surface area contributed by atoms with E-state index in [0.717, 1.165) is 16.4 Å². The molecule has 3 rings (SSSR count). The fourth-order valence-electron chi connectivity index (χ4n) is 2.81. The molecule has 1 aromatic rings. The van der Waals surface area contributed by atoms with Crippen LogP contribution in [-0.4, -0.2) is 83.1 Å². The molecule has 0 radical (unpaired) electrons. The minimum atomic E-state index is -3.90. The van der Waals surface area contributed by atoms with Gasteiger partial charge in [-0.05, 0) is 17.4 Å². The van der Waals surface area contributed by atoms with E-state index in [1.54, 1.807) is 6.92 Å². The Labute approximate surface area is 162 Å². The molecule has 2 aliphatic heterocycles. The van der Waals surface area contributed by atoms with E-state index in [4.69, 9.17) is 10.3 Å². The Morgan fingerprint density at radius 2 is 2.33 bits per heavy atom. The summed E-state index contributed by atoms with van der Waals surface area (Å²) in [6, 6.07) is -0.584. The Balaban J connectivity index is 1.70. The molecular formula is C12H19N6O6PS2. The number of hydrogen-bond donors (Lipinski definition) is 3. The van der Waals surface area contributed by atoms with Crippen LogP contribution < -0.4 is 5.73 Å². The number of carbonyl (C=O) groups excluding carboxylic acids is 1. The first-order valence-electron chi connectivity index (χ1n) is 7.95. The molecule has 0 spiro atoms. The summed E-state index contributed by atoms with van der Waals surface area (Å²) in [5.74, 6) is -0.913. The van der Waals surface area contributed by atoms with Crippen molar-refractivity contribution in [3.8, 4) is 0 Å². The van der Waals surface area contributed by atoms with Crippen LogP contribution in [0.3, 0.4) is 0 Å². The van der Waals surface area contributed by atoms with E-state index in [9.17, 15) is 24.2 Å². The standard InChI is InChI=1S/C12H19N6O6PS2/c1-2-24-25(22,23)6-18-11(14-15-16-18)27-5-12(10(20)21)3-17-8(19)7(13)9(17)26-4-12/h7,9H,2-6,13H2,1H3,(H,20,21)(H,22,23)/t7?,9-,12?/m1/s1. The molecule has 0 aliphatic carbocycles. The Kier molecular flexibility index (Phi) is 5.85. The van der Waals surface area contributed by atoms with Crippen LogP contribution in [0.5, 0.6) is 0 Å². The van der Waals surface area contributed by atoms with E-state index in [1.165, 1.54) is 16.7 Å². The van der Waals surface area contributed by atoms with Crippen molar-refractivity contribution < 1.29 is 28.7 Å². The lowest BCUT2D eigenvalue weighted by atomic mass is 9.89. The molecule has 3 heterocycles. The van der Waals surface area contributed by atoms with Gasteiger partial charge in [-0.2, -0.15) is 0 Å². The van der Waals surface area contributed by atoms with E-state index in [-0.39, 0.29) is 41.1 Å². The molecule has 0 bridgehead atoms. The molecule has 2 fully saturated rings. The summed E-state index contributed by atoms with van der Waals surface area (Å²) in [4.78, 5) is 35.1. The van der Waals surface area contributed by atoms with Gasteiger partial charge in [-0.15, -0.1) is 16.9 Å². The molecule has 0 saturated carbocycles. The van der Waals surface area contributed by atoms with E-state index in [2.05, 4.69) is 15.5 Å². The summed E-state index contributed by atoms with van der Waals surface area (Å²) in [7, 11) is -3.90. The van der Waals surface area contributed by atoms with Gasteiger partial charge < -0.3 is 25.2 Å². The van der Waals surface area contributed by atoms with Crippen LogP contribution in [0.4, 0.5) is 0 Å². The first-order valence-corrected chi connectivity index (χ1v) is 11.8. The van der Waals surface area contributed by atoms with Crippen LogP contribution in [-0.2, 0) is 25.0 Å². The maximum atomic E-state index is 11.9. The van der Waals surface area contributed by atoms with Gasteiger partial charge in [0.15, 0.2) is 0 Å². The quantitative estimate of drug-likeness (QED) is 0.264. The molecular weight excluding hydrogens is 419 g/mol. The summed E-state index contributed by atoms with van der Waals surface area (Å²) in [5, 5.41) is 20.7. The van der Waals surface area contributed by atoms with Crippen molar-refractivity contribution in [1.82, 2.24) is 25.1 Å². The highest BCUT2D eigenvalue weighted by Crippen LogP contribution is 2.45. The van der Waals surface area contributed by atoms with Gasteiger partial charge in [0.25, 0.3) is 0 Å². The van der Waals surface area contributed by atoms with Gasteiger partial charge in [0.05, 0.1) is 6.61 Å². The molecule has 1 amide bonds. The van der Waals surface area contributed by atoms with Crippen molar-refractivity contribution in [1.29, 1.82) is 0 Å². The first-order chi connectivity index (χ1) is 12.7. The first kappa shape index (κ1) is 20.6. The minimum Gasteiger partial charge on any atom is -0.481 e. The lowest BCUT2D eigenvalue weighted by molar-refractivity contribution is -0.155. The number of aromatic nitrogens is 4. The van der Waals surface area contributed by atoms with Crippen LogP contribution in [0, 0.1) is 5.41 Å². The number of fused-ring (bicyclic) bond motifs is 1. The third-order valence-electron chi connectivity index (χ3n) is 4.26. The molecule has 2 saturated heterocycles. The number of β-lactam (4-membered cyclic amide) rings is 1. The summed E-state index contributed by atoms with van der Waals surface area (Å²) < 4.78 is 17.8. The van der Waals surface area contributed by atoms with E-state index in [1.807, 2.05) is 0 Å². The Morgan fingerprint density at radius 3 is 3.00 bits per heavy atom. The number of nitrogens with zero attached hydrogens (tertiary/aromatic N) is 5. The molecule has 27 heavy (non-hydrogen) atoms. The van der Waals surface area contributed by atoms with Crippen LogP contribution >= 0.6 is 31.1 Å². The third kappa shape index (κ3) is 4.00. The number of aliphatic carboxylic acids is 1. The van der Waals surface area contributed by atoms with Crippen molar-refractivity contribution in [3.63, 3.8) is 0 Å². The second-order valence-electron chi connectivity index (χ2n) is 6.23. The van der Waals surface area contributed by atoms with E-state index < -0.39 is 31.3 Å². The number of hydrogen-bond acceptors (Lipinski definition) is 10. The Bertz CT molecular complexity index is 794. The Morgan fingerprint density at radius 1 is 1.59 bits per heavy atom. The molecule has 4 atom stereocenters. The smallest absolute Gasteiger partial charge is 0.349 e. The topological polar surface area (TPSA) is 174 Å². The average molecular weight is 438 g/mol. The molecule has 2 aliphatic rings. The number of rotatable bonds is 8. The molecule has 12 nitrogen and oxygen atoms in total. The highest BCUT2D eigenvalue weighted by atomic mass is 32.2. The second-order valence-corrected chi connectivity index (χ2v) is 10.1. The number of amides is 1. The number of nitrogens with two attached hydrogens (primary N) is 1. The maximum Gasteiger partial charge on any atom is 0.349 e. The van der Waals surface area contributed by atoms with Crippen LogP contribution in [0.1, 0.15) is 6.92 Å². The van der Waals surface area contributed by atoms with Crippen LogP contribution in [0.25, 0.3) is 0 Å². The molecule has 15 heteroatoms. The minimum absolute atomic E-state index is 0.0541. The van der Waals surface area contributed by atoms with E-state index >= 15 is 0 Å². The molecule has 4 N–H and O–H groups in total. The van der Waals surface area contributed by atoms with Gasteiger partial charge in [0.2, 0.25) is 11.1 Å². The Hall–Kier alpha value is -1.18. The van der Waals surface area contributed by atoms with Crippen molar-refractivity contribution in [2.75, 3.05) is 24.7 Å². The summed E-state index contributed by atoms with van der Waals surface area (Å²) >= 11 is 2.39. The highest BCUT2D eigenvalue weighted by molar-refractivity contribution is 8.00. The zero-order valence-electron chi connectivity index (χ0n) is 14.3. The number of carboxylic acids is 1. The largest absolute Gasteiger partial charge is 0.481 e. The number of carbonyl (C=O) groups is 2. The van der Waals surface area contributed by atoms with Crippen molar-refractivity contribution in [2.24, 2.45) is 11.1 Å². The van der Waals surface area contributed by atoms with Crippen LogP contribution in [0.2, 0.25) is 0 Å². The monoisotopic (exact) mass is 438 g/mol. The molecule has 0 aromatic carbocycles. The van der Waals surface area contributed by atoms with Crippen molar-refractivity contribution in [3.05, 3.63) is 0 Å². The number of tetrazole rings is 1. The normalized spacial score (nSPS) is 29.7. The lowest BCUT2D eigenvalue weighted by Crippen LogP contribution is -2.72. The maximum absolute atomic E-state index is 11.9. The lowest BCUT2D eigenvalue weighted by Gasteiger charge is -2.52. The van der Waals surface area contributed by atoms with Crippen molar-refractivity contribution >= 4 is 43.0 Å². The van der Waals surface area contributed by atoms with Gasteiger partial charge in [0.1, 0.15) is 23.1 Å². The zero-order valence-corrected chi connectivity index (χ0v) is 16.8. The number of thioether (sulfide) groups is 2. The van der Waals surface area contributed by atoms with Crippen LogP contribution in [0.15, 0.2) is 5.16 Å². The molecule has 150 valence electrons. The summed E-state index contributed by atoms with van der Waals surface area (Å²) in [6.45, 7) is 1.70. The van der Waals surface area contributed by atoms with Gasteiger partial charge in [-0.3, -0.25) is 14.2 Å². The second kappa shape index (κ2) is 7.68. The predicted molar refractivity (Wildman–Crippen MR) is 96.0 cm³/mol. The third-order valence-corrected chi connectivity index (χ3v) is 8.40. The average Bonchev–Trinajstić information content (AvgIpc) is 3.05. The highest BCUT2D eigenvalue weighted by Gasteiger charge is 2.55. The van der Waals surface area contributed by atoms with Gasteiger partial charge in [0, 0.05) is 18.1 Å². The summed E-state index contributed by atoms with van der Waals surface area (Å²) in [6.07, 6.45) is -0.438. The molecule has 1 aromatic heterocycles. The summed E-state index contributed by atoms with van der Waals surface area (Å²) in [5.41, 5.74) is 4.55. The molecule has 3 unspecified atom stereocenters. The van der Waals surface area contributed by atoms with Gasteiger partial charge >= 0.3 is 13.6 Å². The number of carboxylic acid groups (broad SMARTS) is 1. The SMILES string of the molecule is CCOP(=O)(O)Cn1nnnc1SCC1(C(=O)O)CS[C@@H]2C(N)C(=O)N2C1. The van der Waals surface area contributed by atoms with Gasteiger partial charge in [-0.1, -0.05) is 11.8 Å².